The molecule has 7 heteroatoms. The highest BCUT2D eigenvalue weighted by atomic mass is 32.2. The Kier molecular flexibility index (Phi) is 3.68. The molecule has 0 saturated heterocycles. The lowest BCUT2D eigenvalue weighted by atomic mass is 10.5. The van der Waals surface area contributed by atoms with E-state index in [2.05, 4.69) is 10.2 Å². The van der Waals surface area contributed by atoms with E-state index in [0.29, 0.717) is 5.71 Å². The summed E-state index contributed by atoms with van der Waals surface area (Å²) >= 11 is 0. The third kappa shape index (κ3) is 7.00. The van der Waals surface area contributed by atoms with Crippen molar-refractivity contribution >= 4 is 21.5 Å². The van der Waals surface area contributed by atoms with E-state index in [1.807, 2.05) is 0 Å². The molecule has 0 amide bonds. The Morgan fingerprint density at radius 1 is 1.33 bits per heavy atom. The summed E-state index contributed by atoms with van der Waals surface area (Å²) in [4.78, 5) is 0. The molecule has 0 saturated carbocycles. The highest BCUT2D eigenvalue weighted by molar-refractivity contribution is 7.91. The fourth-order valence-electron chi connectivity index (χ4n) is 0.551. The largest absolute Gasteiger partial charge is 0.369 e. The number of hydrogen-bond acceptors (Lipinski definition) is 4. The van der Waals surface area contributed by atoms with Crippen molar-refractivity contribution in [3.05, 3.63) is 0 Å². The molecule has 0 aromatic rings. The lowest BCUT2D eigenvalue weighted by Crippen LogP contribution is -2.22. The van der Waals surface area contributed by atoms with E-state index < -0.39 is 9.84 Å². The Morgan fingerprint density at radius 3 is 2.17 bits per heavy atom. The van der Waals surface area contributed by atoms with Crippen molar-refractivity contribution < 1.29 is 8.42 Å². The molecule has 12 heavy (non-hydrogen) atoms. The second kappa shape index (κ2) is 4.05. The predicted molar refractivity (Wildman–Crippen MR) is 48.6 cm³/mol. The van der Waals surface area contributed by atoms with Crippen LogP contribution in [0, 0.1) is 0 Å². The molecule has 70 valence electrons. The summed E-state index contributed by atoms with van der Waals surface area (Å²) in [6.45, 7) is 1.54. The smallest absolute Gasteiger partial charge is 0.211 e. The first-order valence-corrected chi connectivity index (χ1v) is 5.17. The van der Waals surface area contributed by atoms with E-state index in [0.717, 1.165) is 6.26 Å². The van der Waals surface area contributed by atoms with Crippen LogP contribution in [0.3, 0.4) is 0 Å². The first-order valence-electron chi connectivity index (χ1n) is 3.11. The minimum atomic E-state index is -3.05. The van der Waals surface area contributed by atoms with Gasteiger partial charge in [0, 0.05) is 6.26 Å². The minimum Gasteiger partial charge on any atom is -0.369 e. The number of hydrogen-bond donors (Lipinski definition) is 2. The van der Waals surface area contributed by atoms with Gasteiger partial charge in [-0.3, -0.25) is 0 Å². The summed E-state index contributed by atoms with van der Waals surface area (Å²) in [7, 11) is -3.05. The molecule has 0 radical (unpaired) electrons. The van der Waals surface area contributed by atoms with Gasteiger partial charge in [-0.2, -0.15) is 5.10 Å². The quantitative estimate of drug-likeness (QED) is 0.328. The lowest BCUT2D eigenvalue weighted by molar-refractivity contribution is 0.605. The summed E-state index contributed by atoms with van der Waals surface area (Å²) < 4.78 is 21.4. The zero-order valence-corrected chi connectivity index (χ0v) is 7.80. The van der Waals surface area contributed by atoms with Gasteiger partial charge in [-0.05, 0) is 6.92 Å². The fourth-order valence-corrected chi connectivity index (χ4v) is 1.37. The van der Waals surface area contributed by atoms with Gasteiger partial charge in [0.1, 0.15) is 0 Å². The molecule has 0 heterocycles. The maximum Gasteiger partial charge on any atom is 0.211 e. The SMILES string of the molecule is C/C(CS(C)(=O)=O)=N\N=C(N)N. The molecule has 0 aliphatic heterocycles. The zero-order chi connectivity index (χ0) is 9.78. The lowest BCUT2D eigenvalue weighted by Gasteiger charge is -1.94. The van der Waals surface area contributed by atoms with Crippen LogP contribution < -0.4 is 11.5 Å². The fraction of sp³-hybridized carbons (Fsp3) is 0.600. The van der Waals surface area contributed by atoms with Crippen molar-refractivity contribution in [2.75, 3.05) is 12.0 Å². The van der Waals surface area contributed by atoms with Gasteiger partial charge in [0.05, 0.1) is 11.5 Å². The monoisotopic (exact) mass is 192 g/mol. The van der Waals surface area contributed by atoms with Crippen molar-refractivity contribution in [2.45, 2.75) is 6.92 Å². The van der Waals surface area contributed by atoms with E-state index in [9.17, 15) is 8.42 Å². The normalized spacial score (nSPS) is 12.7. The van der Waals surface area contributed by atoms with E-state index in [-0.39, 0.29) is 11.7 Å². The van der Waals surface area contributed by atoms with Crippen LogP contribution >= 0.6 is 0 Å². The Morgan fingerprint density at radius 2 is 1.83 bits per heavy atom. The molecule has 0 bridgehead atoms. The molecular formula is C5H12N4O2S. The summed E-state index contributed by atoms with van der Waals surface area (Å²) in [5.74, 6) is -0.327. The number of nitrogens with two attached hydrogens (primary N) is 2. The second-order valence-corrected chi connectivity index (χ2v) is 4.57. The van der Waals surface area contributed by atoms with Gasteiger partial charge in [0.15, 0.2) is 9.84 Å². The Balaban J connectivity index is 4.33. The van der Waals surface area contributed by atoms with Gasteiger partial charge in [-0.1, -0.05) is 0 Å². The number of sulfone groups is 1. The molecule has 0 spiro atoms. The predicted octanol–water partition coefficient (Wildman–Crippen LogP) is -1.32. The van der Waals surface area contributed by atoms with Crippen LogP contribution in [0.25, 0.3) is 0 Å². The van der Waals surface area contributed by atoms with E-state index >= 15 is 0 Å². The van der Waals surface area contributed by atoms with Crippen LogP contribution in [-0.4, -0.2) is 32.1 Å². The molecular weight excluding hydrogens is 180 g/mol. The maximum absolute atomic E-state index is 10.7. The first kappa shape index (κ1) is 10.9. The Labute approximate surface area is 71.3 Å². The van der Waals surface area contributed by atoms with Crippen molar-refractivity contribution in [1.29, 1.82) is 0 Å². The van der Waals surface area contributed by atoms with Crippen LogP contribution in [0.4, 0.5) is 0 Å². The Hall–Kier alpha value is -1.11. The highest BCUT2D eigenvalue weighted by Gasteiger charge is 2.03. The van der Waals surface area contributed by atoms with Crippen LogP contribution in [0.15, 0.2) is 10.2 Å². The summed E-state index contributed by atoms with van der Waals surface area (Å²) in [6.07, 6.45) is 1.11. The third-order valence-electron chi connectivity index (χ3n) is 0.807. The van der Waals surface area contributed by atoms with Crippen molar-refractivity contribution in [2.24, 2.45) is 21.7 Å². The average molecular weight is 192 g/mol. The van der Waals surface area contributed by atoms with Gasteiger partial charge < -0.3 is 11.5 Å². The molecule has 0 fully saturated rings. The van der Waals surface area contributed by atoms with Crippen LogP contribution in [0.1, 0.15) is 6.92 Å². The van der Waals surface area contributed by atoms with Crippen molar-refractivity contribution in [3.8, 4) is 0 Å². The van der Waals surface area contributed by atoms with Crippen LogP contribution in [0.2, 0.25) is 0 Å². The molecule has 0 aromatic heterocycles. The number of rotatable bonds is 3. The second-order valence-electron chi connectivity index (χ2n) is 2.43. The van der Waals surface area contributed by atoms with Crippen LogP contribution in [0.5, 0.6) is 0 Å². The van der Waals surface area contributed by atoms with Crippen molar-refractivity contribution in [3.63, 3.8) is 0 Å². The molecule has 0 aliphatic rings. The summed E-state index contributed by atoms with van der Waals surface area (Å²) in [5.41, 5.74) is 10.3. The number of nitrogens with zero attached hydrogens (tertiary/aromatic N) is 2. The van der Waals surface area contributed by atoms with E-state index in [4.69, 9.17) is 11.5 Å². The molecule has 6 nitrogen and oxygen atoms in total. The topological polar surface area (TPSA) is 111 Å². The summed E-state index contributed by atoms with van der Waals surface area (Å²) in [5, 5.41) is 6.79. The van der Waals surface area contributed by atoms with Crippen molar-refractivity contribution in [1.82, 2.24) is 0 Å². The molecule has 0 unspecified atom stereocenters. The van der Waals surface area contributed by atoms with Gasteiger partial charge in [-0.25, -0.2) is 8.42 Å². The molecule has 0 aliphatic carbocycles. The van der Waals surface area contributed by atoms with Gasteiger partial charge >= 0.3 is 0 Å². The number of guanidine groups is 1. The van der Waals surface area contributed by atoms with E-state index in [1.165, 1.54) is 6.92 Å². The average Bonchev–Trinajstić information content (AvgIpc) is 1.79. The highest BCUT2D eigenvalue weighted by Crippen LogP contribution is 1.87. The third-order valence-corrected chi connectivity index (χ3v) is 1.75. The van der Waals surface area contributed by atoms with Gasteiger partial charge in [0.2, 0.25) is 5.96 Å². The maximum atomic E-state index is 10.7. The first-order chi connectivity index (χ1) is 5.31. The Bertz CT molecular complexity index is 299. The van der Waals surface area contributed by atoms with Gasteiger partial charge in [-0.15, -0.1) is 5.10 Å². The molecule has 0 aromatic carbocycles. The van der Waals surface area contributed by atoms with Crippen LogP contribution in [-0.2, 0) is 9.84 Å². The van der Waals surface area contributed by atoms with E-state index in [1.54, 1.807) is 0 Å². The summed E-state index contributed by atoms with van der Waals surface area (Å²) in [6, 6.07) is 0. The minimum absolute atomic E-state index is 0.135. The molecule has 0 atom stereocenters. The zero-order valence-electron chi connectivity index (χ0n) is 6.98. The van der Waals surface area contributed by atoms with Gasteiger partial charge in [0.25, 0.3) is 0 Å². The standard InChI is InChI=1S/C5H12N4O2S/c1-4(3-12(2,10)11)8-9-5(6)7/h3H2,1-2H3,(H4,6,7,9)/b8-4+. The molecule has 0 rings (SSSR count). The molecule has 4 N–H and O–H groups in total.